The fraction of sp³-hybridized carbons (Fsp3) is 0.400. The minimum Gasteiger partial charge on any atom is -0.440 e. The molecule has 0 radical (unpaired) electrons. The maximum Gasteiger partial charge on any atom is 0.330 e. The molecular weight excluding hydrogens is 152 g/mol. The molecule has 0 aliphatic rings. The molecule has 0 N–H and O–H groups in total. The number of hydrogen-bond acceptors (Lipinski definition) is 6. The molecule has 0 rings (SSSR count). The second-order valence-electron chi connectivity index (χ2n) is 1.30. The van der Waals surface area contributed by atoms with Crippen molar-refractivity contribution < 1.29 is 19.1 Å². The largest absolute Gasteiger partial charge is 0.440 e. The zero-order chi connectivity index (χ0) is 8.53. The van der Waals surface area contributed by atoms with Gasteiger partial charge in [0.05, 0.1) is 0 Å². The maximum atomic E-state index is 10.4. The molecule has 0 aromatic heterocycles. The summed E-state index contributed by atoms with van der Waals surface area (Å²) in [7, 11) is 0. The van der Waals surface area contributed by atoms with Gasteiger partial charge in [-0.2, -0.15) is 9.98 Å². The lowest BCUT2D eigenvalue weighted by molar-refractivity contribution is -0.141. The first-order valence-electron chi connectivity index (χ1n) is 2.54. The van der Waals surface area contributed by atoms with E-state index in [9.17, 15) is 14.4 Å². The van der Waals surface area contributed by atoms with Gasteiger partial charge in [0, 0.05) is 0 Å². The summed E-state index contributed by atoms with van der Waals surface area (Å²) in [5.74, 6) is -0.743. The summed E-state index contributed by atoms with van der Waals surface area (Å²) >= 11 is 0. The van der Waals surface area contributed by atoms with Crippen molar-refractivity contribution >= 4 is 18.1 Å². The summed E-state index contributed by atoms with van der Waals surface area (Å²) in [6.07, 6.45) is 2.32. The van der Waals surface area contributed by atoms with Gasteiger partial charge in [0.25, 0.3) is 0 Å². The van der Waals surface area contributed by atoms with E-state index in [1.807, 2.05) is 0 Å². The monoisotopic (exact) mass is 156 g/mol. The van der Waals surface area contributed by atoms with E-state index in [-0.39, 0.29) is 0 Å². The molecule has 0 atom stereocenters. The van der Waals surface area contributed by atoms with E-state index < -0.39 is 19.2 Å². The van der Waals surface area contributed by atoms with Crippen LogP contribution in [0.1, 0.15) is 0 Å². The molecule has 0 aliphatic heterocycles. The summed E-state index contributed by atoms with van der Waals surface area (Å²) in [4.78, 5) is 35.1. The number of carbonyl (C=O) groups excluding carboxylic acids is 3. The van der Waals surface area contributed by atoms with Gasteiger partial charge >= 0.3 is 5.97 Å². The van der Waals surface area contributed by atoms with Crippen molar-refractivity contribution in [2.45, 2.75) is 0 Å². The quantitative estimate of drug-likeness (QED) is 0.301. The van der Waals surface area contributed by atoms with E-state index in [1.54, 1.807) is 0 Å². The first-order valence-corrected chi connectivity index (χ1v) is 2.54. The Hall–Kier alpha value is -1.77. The van der Waals surface area contributed by atoms with E-state index in [0.717, 1.165) is 6.08 Å². The standard InChI is InChI=1S/C5H4N2O4/c8-2-6-1-5(10)11-4-7-3-9/h1,4H2. The average Bonchev–Trinajstić information content (AvgIpc) is 2.01. The Morgan fingerprint density at radius 3 is 2.45 bits per heavy atom. The van der Waals surface area contributed by atoms with Gasteiger partial charge in [0.1, 0.15) is 6.54 Å². The molecule has 0 amide bonds. The maximum absolute atomic E-state index is 10.4. The van der Waals surface area contributed by atoms with E-state index >= 15 is 0 Å². The average molecular weight is 156 g/mol. The minimum atomic E-state index is -0.743. The van der Waals surface area contributed by atoms with Crippen LogP contribution in [0.25, 0.3) is 0 Å². The number of hydrogen-bond donors (Lipinski definition) is 0. The first-order chi connectivity index (χ1) is 5.31. The SMILES string of the molecule is O=C=NCOC(=O)CN=C=O. The molecule has 0 aliphatic carbocycles. The number of isocyanates is 2. The van der Waals surface area contributed by atoms with Crippen molar-refractivity contribution in [1.29, 1.82) is 0 Å². The van der Waals surface area contributed by atoms with E-state index in [0.29, 0.717) is 0 Å². The summed E-state index contributed by atoms with van der Waals surface area (Å²) in [5, 5.41) is 0. The highest BCUT2D eigenvalue weighted by molar-refractivity contribution is 5.72. The Labute approximate surface area is 61.6 Å². The predicted octanol–water partition coefficient (Wildman–Crippen LogP) is -0.841. The Morgan fingerprint density at radius 1 is 1.27 bits per heavy atom. The number of rotatable bonds is 4. The molecule has 58 valence electrons. The zero-order valence-corrected chi connectivity index (χ0v) is 5.44. The number of esters is 1. The van der Waals surface area contributed by atoms with Gasteiger partial charge in [-0.3, -0.25) is 0 Å². The van der Waals surface area contributed by atoms with Crippen LogP contribution >= 0.6 is 0 Å². The summed E-state index contributed by atoms with van der Waals surface area (Å²) < 4.78 is 4.24. The van der Waals surface area contributed by atoms with Crippen LogP contribution in [0.5, 0.6) is 0 Å². The number of carbonyl (C=O) groups is 1. The van der Waals surface area contributed by atoms with Gasteiger partial charge in [-0.1, -0.05) is 0 Å². The molecule has 0 saturated heterocycles. The van der Waals surface area contributed by atoms with Gasteiger partial charge < -0.3 is 4.74 Å². The third-order valence-electron chi connectivity index (χ3n) is 0.627. The highest BCUT2D eigenvalue weighted by Crippen LogP contribution is 1.78. The minimum absolute atomic E-state index is 0.392. The zero-order valence-electron chi connectivity index (χ0n) is 5.44. The molecule has 0 spiro atoms. The Balaban J connectivity index is 3.52. The second kappa shape index (κ2) is 6.35. The number of ether oxygens (including phenoxy) is 1. The Bertz CT molecular complexity index is 225. The third kappa shape index (κ3) is 6.11. The van der Waals surface area contributed by atoms with Crippen LogP contribution < -0.4 is 0 Å². The molecular formula is C5H4N2O4. The van der Waals surface area contributed by atoms with Gasteiger partial charge in [0.2, 0.25) is 12.2 Å². The van der Waals surface area contributed by atoms with Crippen molar-refractivity contribution in [1.82, 2.24) is 0 Å². The van der Waals surface area contributed by atoms with Crippen molar-refractivity contribution in [3.8, 4) is 0 Å². The van der Waals surface area contributed by atoms with Gasteiger partial charge in [-0.15, -0.1) is 0 Å². The van der Waals surface area contributed by atoms with Crippen molar-refractivity contribution in [3.05, 3.63) is 0 Å². The van der Waals surface area contributed by atoms with Crippen molar-refractivity contribution in [2.24, 2.45) is 9.98 Å². The van der Waals surface area contributed by atoms with E-state index in [4.69, 9.17) is 0 Å². The van der Waals surface area contributed by atoms with Crippen LogP contribution in [0.2, 0.25) is 0 Å². The number of nitrogens with zero attached hydrogens (tertiary/aromatic N) is 2. The van der Waals surface area contributed by atoms with Crippen molar-refractivity contribution in [2.75, 3.05) is 13.3 Å². The highest BCUT2D eigenvalue weighted by Gasteiger charge is 1.97. The normalized spacial score (nSPS) is 7.27. The fourth-order valence-electron chi connectivity index (χ4n) is 0.273. The summed E-state index contributed by atoms with van der Waals surface area (Å²) in [6.45, 7) is -0.797. The van der Waals surface area contributed by atoms with Crippen LogP contribution in [0, 0.1) is 0 Å². The summed E-state index contributed by atoms with van der Waals surface area (Å²) in [5.41, 5.74) is 0. The molecule has 0 heterocycles. The molecule has 6 nitrogen and oxygen atoms in total. The van der Waals surface area contributed by atoms with Crippen molar-refractivity contribution in [3.63, 3.8) is 0 Å². The lowest BCUT2D eigenvalue weighted by Crippen LogP contribution is -2.07. The van der Waals surface area contributed by atoms with E-state index in [1.165, 1.54) is 6.08 Å². The van der Waals surface area contributed by atoms with E-state index in [2.05, 4.69) is 14.7 Å². The Kier molecular flexibility index (Phi) is 5.33. The molecule has 0 aromatic carbocycles. The van der Waals surface area contributed by atoms with Crippen LogP contribution in [0.4, 0.5) is 0 Å². The smallest absolute Gasteiger partial charge is 0.330 e. The van der Waals surface area contributed by atoms with Crippen LogP contribution in [-0.4, -0.2) is 31.4 Å². The van der Waals surface area contributed by atoms with Gasteiger partial charge in [-0.25, -0.2) is 14.4 Å². The molecule has 0 unspecified atom stereocenters. The molecule has 6 heteroatoms. The topological polar surface area (TPSA) is 85.2 Å². The molecule has 0 aromatic rings. The lowest BCUT2D eigenvalue weighted by atomic mass is 10.7. The lowest BCUT2D eigenvalue weighted by Gasteiger charge is -1.93. The van der Waals surface area contributed by atoms with Gasteiger partial charge in [-0.05, 0) is 0 Å². The highest BCUT2D eigenvalue weighted by atomic mass is 16.5. The molecule has 0 fully saturated rings. The summed E-state index contributed by atoms with van der Waals surface area (Å²) in [6, 6.07) is 0. The number of aliphatic imine (C=N–C) groups is 2. The van der Waals surface area contributed by atoms with Crippen LogP contribution in [-0.2, 0) is 19.1 Å². The second-order valence-corrected chi connectivity index (χ2v) is 1.30. The third-order valence-corrected chi connectivity index (χ3v) is 0.627. The molecule has 0 bridgehead atoms. The first kappa shape index (κ1) is 9.23. The van der Waals surface area contributed by atoms with Crippen LogP contribution in [0.15, 0.2) is 9.98 Å². The van der Waals surface area contributed by atoms with Gasteiger partial charge in [0.15, 0.2) is 6.73 Å². The predicted molar refractivity (Wildman–Crippen MR) is 32.1 cm³/mol. The molecule has 0 saturated carbocycles. The molecule has 11 heavy (non-hydrogen) atoms. The van der Waals surface area contributed by atoms with Crippen LogP contribution in [0.3, 0.4) is 0 Å². The fourth-order valence-corrected chi connectivity index (χ4v) is 0.273. The Morgan fingerprint density at radius 2 is 1.91 bits per heavy atom.